The van der Waals surface area contributed by atoms with Gasteiger partial charge in [0.05, 0.1) is 18.7 Å². The lowest BCUT2D eigenvalue weighted by molar-refractivity contribution is -0.136. The third-order valence-corrected chi connectivity index (χ3v) is 4.13. The molecule has 0 unspecified atom stereocenters. The van der Waals surface area contributed by atoms with Gasteiger partial charge in [-0.05, 0) is 37.4 Å². The van der Waals surface area contributed by atoms with Crippen molar-refractivity contribution in [2.45, 2.75) is 13.0 Å². The minimum Gasteiger partial charge on any atom is -0.488 e. The van der Waals surface area contributed by atoms with E-state index in [1.54, 1.807) is 0 Å². The van der Waals surface area contributed by atoms with Crippen molar-refractivity contribution in [1.29, 1.82) is 0 Å². The molecule has 5 nitrogen and oxygen atoms in total. The minimum absolute atomic E-state index is 0.0172. The van der Waals surface area contributed by atoms with E-state index in [9.17, 15) is 4.79 Å². The molecule has 0 aromatic heterocycles. The third-order valence-electron chi connectivity index (χ3n) is 4.13. The van der Waals surface area contributed by atoms with Gasteiger partial charge in [0.15, 0.2) is 0 Å². The number of fused-ring (bicyclic) bond motifs is 2. The fraction of sp³-hybridized carbons (Fsp3) is 0.300. The maximum absolute atomic E-state index is 11.0. The molecular weight excluding hydrogens is 316 g/mol. The number of benzene rings is 2. The minimum atomic E-state index is -0.850. The van der Waals surface area contributed by atoms with Crippen molar-refractivity contribution in [2.24, 2.45) is 4.99 Å². The molecule has 0 spiro atoms. The van der Waals surface area contributed by atoms with E-state index in [0.717, 1.165) is 34.5 Å². The topological polar surface area (TPSA) is 62.1 Å². The molecule has 1 aliphatic rings. The van der Waals surface area contributed by atoms with Gasteiger partial charge in [-0.25, -0.2) is 0 Å². The number of hydrogen-bond acceptors (Lipinski definition) is 4. The van der Waals surface area contributed by atoms with Gasteiger partial charge in [0.25, 0.3) is 0 Å². The second-order valence-corrected chi connectivity index (χ2v) is 6.38. The number of nitrogens with zero attached hydrogens (tertiary/aromatic N) is 2. The van der Waals surface area contributed by atoms with Gasteiger partial charge in [-0.1, -0.05) is 30.3 Å². The van der Waals surface area contributed by atoms with E-state index in [-0.39, 0.29) is 6.42 Å². The van der Waals surface area contributed by atoms with Crippen molar-refractivity contribution in [1.82, 2.24) is 4.90 Å². The maximum Gasteiger partial charge on any atom is 0.307 e. The molecule has 2 aromatic carbocycles. The Morgan fingerprint density at radius 3 is 2.76 bits per heavy atom. The van der Waals surface area contributed by atoms with Gasteiger partial charge >= 0.3 is 5.97 Å². The monoisotopic (exact) mass is 338 g/mol. The molecule has 1 aliphatic heterocycles. The van der Waals surface area contributed by atoms with Gasteiger partial charge in [-0.3, -0.25) is 9.79 Å². The molecule has 0 aliphatic carbocycles. The van der Waals surface area contributed by atoms with Crippen LogP contribution < -0.4 is 4.74 Å². The summed E-state index contributed by atoms with van der Waals surface area (Å²) in [6.45, 7) is 2.00. The van der Waals surface area contributed by atoms with Crippen molar-refractivity contribution in [2.75, 3.05) is 27.2 Å². The summed E-state index contributed by atoms with van der Waals surface area (Å²) in [4.78, 5) is 17.9. The van der Waals surface area contributed by atoms with Gasteiger partial charge < -0.3 is 14.7 Å². The number of aliphatic imine (C=N–C) groups is 1. The number of ether oxygens (including phenoxy) is 1. The first-order chi connectivity index (χ1) is 12.0. The second-order valence-electron chi connectivity index (χ2n) is 6.38. The number of likely N-dealkylation sites (N-methyl/N-ethyl adjacent to an activating group) is 1. The number of carboxylic acid groups (broad SMARTS) is 1. The lowest BCUT2D eigenvalue weighted by Crippen LogP contribution is -2.17. The molecule has 0 radical (unpaired) electrons. The first kappa shape index (κ1) is 17.2. The highest BCUT2D eigenvalue weighted by Crippen LogP contribution is 2.30. The summed E-state index contributed by atoms with van der Waals surface area (Å²) in [5.74, 6) is -0.157. The van der Waals surface area contributed by atoms with Crippen LogP contribution in [0.4, 0.5) is 0 Å². The molecular formula is C20H22N2O3. The van der Waals surface area contributed by atoms with E-state index in [1.165, 1.54) is 0 Å². The van der Waals surface area contributed by atoms with Crippen LogP contribution in [0.5, 0.6) is 5.75 Å². The predicted octanol–water partition coefficient (Wildman–Crippen LogP) is 2.61. The zero-order valence-electron chi connectivity index (χ0n) is 14.5. The lowest BCUT2D eigenvalue weighted by atomic mass is 9.97. The van der Waals surface area contributed by atoms with Gasteiger partial charge in [0, 0.05) is 17.7 Å². The highest BCUT2D eigenvalue weighted by atomic mass is 16.5. The van der Waals surface area contributed by atoms with E-state index in [2.05, 4.69) is 11.0 Å². The summed E-state index contributed by atoms with van der Waals surface area (Å²) in [7, 11) is 4.05. The van der Waals surface area contributed by atoms with Crippen LogP contribution in [0.15, 0.2) is 47.5 Å². The maximum atomic E-state index is 11.0. The highest BCUT2D eigenvalue weighted by molar-refractivity contribution is 6.15. The fourth-order valence-electron chi connectivity index (χ4n) is 2.88. The molecule has 1 heterocycles. The van der Waals surface area contributed by atoms with Crippen LogP contribution in [0.2, 0.25) is 0 Å². The molecule has 25 heavy (non-hydrogen) atoms. The number of hydrogen-bond donors (Lipinski definition) is 1. The van der Waals surface area contributed by atoms with E-state index >= 15 is 0 Å². The lowest BCUT2D eigenvalue weighted by Gasteiger charge is -2.12. The fourth-order valence-corrected chi connectivity index (χ4v) is 2.88. The normalized spacial score (nSPS) is 14.6. The van der Waals surface area contributed by atoms with E-state index < -0.39 is 5.97 Å². The SMILES string of the molecule is CN(C)CC/N=C1/c2ccccc2COc2cc(CC(=O)O)ccc21. The average Bonchev–Trinajstić information content (AvgIpc) is 2.71. The average molecular weight is 338 g/mol. The summed E-state index contributed by atoms with van der Waals surface area (Å²) >= 11 is 0. The summed E-state index contributed by atoms with van der Waals surface area (Å²) in [6, 6.07) is 13.7. The van der Waals surface area contributed by atoms with Crippen molar-refractivity contribution < 1.29 is 14.6 Å². The molecule has 2 aromatic rings. The standard InChI is InChI=1S/C20H22N2O3/c1-22(2)10-9-21-20-16-6-4-3-5-15(16)13-25-18-11-14(12-19(23)24)7-8-17(18)20/h3-8,11H,9-10,12-13H2,1-2H3,(H,23,24)/b21-20-. The smallest absolute Gasteiger partial charge is 0.307 e. The quantitative estimate of drug-likeness (QED) is 0.910. The summed E-state index contributed by atoms with van der Waals surface area (Å²) in [5.41, 5.74) is 4.71. The molecule has 3 rings (SSSR count). The Labute approximate surface area is 147 Å². The van der Waals surface area contributed by atoms with Gasteiger partial charge in [0.2, 0.25) is 0 Å². The van der Waals surface area contributed by atoms with Crippen molar-refractivity contribution in [3.63, 3.8) is 0 Å². The van der Waals surface area contributed by atoms with Gasteiger partial charge in [-0.2, -0.15) is 0 Å². The number of carbonyl (C=O) groups is 1. The van der Waals surface area contributed by atoms with E-state index in [4.69, 9.17) is 14.8 Å². The molecule has 5 heteroatoms. The summed E-state index contributed by atoms with van der Waals surface area (Å²) in [6.07, 6.45) is -0.0172. The molecule has 0 atom stereocenters. The Balaban J connectivity index is 2.04. The largest absolute Gasteiger partial charge is 0.488 e. The predicted molar refractivity (Wildman–Crippen MR) is 97.6 cm³/mol. The van der Waals surface area contributed by atoms with Crippen LogP contribution in [0.3, 0.4) is 0 Å². The first-order valence-corrected chi connectivity index (χ1v) is 8.30. The van der Waals surface area contributed by atoms with E-state index in [1.807, 2.05) is 50.5 Å². The second kappa shape index (κ2) is 7.49. The number of rotatable bonds is 5. The Hall–Kier alpha value is -2.66. The zero-order chi connectivity index (χ0) is 17.8. The highest BCUT2D eigenvalue weighted by Gasteiger charge is 2.20. The van der Waals surface area contributed by atoms with Crippen LogP contribution in [-0.4, -0.2) is 48.9 Å². The number of carboxylic acids is 1. The molecule has 0 bridgehead atoms. The Morgan fingerprint density at radius 1 is 1.20 bits per heavy atom. The molecule has 0 saturated carbocycles. The third kappa shape index (κ3) is 4.06. The van der Waals surface area contributed by atoms with Gasteiger partial charge in [-0.15, -0.1) is 0 Å². The van der Waals surface area contributed by atoms with E-state index in [0.29, 0.717) is 18.9 Å². The molecule has 130 valence electrons. The van der Waals surface area contributed by atoms with Crippen molar-refractivity contribution in [3.8, 4) is 5.75 Å². The molecule has 1 N–H and O–H groups in total. The van der Waals surface area contributed by atoms with Crippen molar-refractivity contribution >= 4 is 11.7 Å². The Morgan fingerprint density at radius 2 is 2.00 bits per heavy atom. The first-order valence-electron chi connectivity index (χ1n) is 8.30. The Bertz CT molecular complexity index is 812. The Kier molecular flexibility index (Phi) is 5.14. The summed E-state index contributed by atoms with van der Waals surface area (Å²) < 4.78 is 5.97. The van der Waals surface area contributed by atoms with Crippen LogP contribution in [0.1, 0.15) is 22.3 Å². The van der Waals surface area contributed by atoms with Crippen LogP contribution >= 0.6 is 0 Å². The summed E-state index contributed by atoms with van der Waals surface area (Å²) in [5, 5.41) is 9.02. The van der Waals surface area contributed by atoms with Crippen molar-refractivity contribution in [3.05, 3.63) is 64.7 Å². The molecule has 0 saturated heterocycles. The van der Waals surface area contributed by atoms with Crippen LogP contribution in [0.25, 0.3) is 0 Å². The van der Waals surface area contributed by atoms with Gasteiger partial charge in [0.1, 0.15) is 12.4 Å². The molecule has 0 amide bonds. The van der Waals surface area contributed by atoms with Crippen LogP contribution in [0, 0.1) is 0 Å². The van der Waals surface area contributed by atoms with Crippen LogP contribution in [-0.2, 0) is 17.8 Å². The number of aliphatic carboxylic acids is 1. The molecule has 0 fully saturated rings. The zero-order valence-corrected chi connectivity index (χ0v) is 14.5.